The van der Waals surface area contributed by atoms with Crippen LogP contribution in [0.2, 0.25) is 0 Å². The molecule has 1 aromatic carbocycles. The van der Waals surface area contributed by atoms with Crippen LogP contribution in [-0.2, 0) is 17.9 Å². The van der Waals surface area contributed by atoms with Crippen molar-refractivity contribution in [2.75, 3.05) is 6.61 Å². The predicted molar refractivity (Wildman–Crippen MR) is 58.6 cm³/mol. The summed E-state index contributed by atoms with van der Waals surface area (Å²) in [4.78, 5) is 11.3. The Morgan fingerprint density at radius 3 is 3.00 bits per heavy atom. The van der Waals surface area contributed by atoms with E-state index in [1.807, 2.05) is 28.8 Å². The molecule has 0 bridgehead atoms. The highest BCUT2D eigenvalue weighted by atomic mass is 16.5. The minimum absolute atomic E-state index is 0.385. The molecule has 1 aliphatic rings. The molecule has 0 unspecified atom stereocenters. The number of rotatable bonds is 1. The van der Waals surface area contributed by atoms with Crippen LogP contribution in [0, 0.1) is 0 Å². The zero-order valence-electron chi connectivity index (χ0n) is 8.64. The molecule has 1 aromatic heterocycles. The first-order valence-corrected chi connectivity index (χ1v) is 5.20. The molecule has 0 amide bonds. The summed E-state index contributed by atoms with van der Waals surface area (Å²) in [6, 6.07) is 7.60. The third-order valence-corrected chi connectivity index (χ3v) is 2.99. The van der Waals surface area contributed by atoms with Gasteiger partial charge in [-0.3, -0.25) is 0 Å². The monoisotopic (exact) mass is 217 g/mol. The van der Waals surface area contributed by atoms with E-state index in [2.05, 4.69) is 0 Å². The van der Waals surface area contributed by atoms with Crippen molar-refractivity contribution in [2.24, 2.45) is 0 Å². The summed E-state index contributed by atoms with van der Waals surface area (Å²) in [6.45, 7) is 1.75. The summed E-state index contributed by atoms with van der Waals surface area (Å²) in [7, 11) is 0. The molecule has 82 valence electrons. The van der Waals surface area contributed by atoms with Crippen LogP contribution in [0.5, 0.6) is 0 Å². The Balaban J connectivity index is 2.41. The number of carboxylic acid groups (broad SMARTS) is 1. The van der Waals surface area contributed by atoms with Gasteiger partial charge in [-0.1, -0.05) is 18.2 Å². The van der Waals surface area contributed by atoms with Crippen molar-refractivity contribution in [3.05, 3.63) is 35.5 Å². The number of para-hydroxylation sites is 1. The standard InChI is InChI=1S/C12H11NO3/c14-12(15)11-8-3-1-2-4-9(8)13-5-6-16-7-10(11)13/h1-4H,5-7H2,(H,14,15). The van der Waals surface area contributed by atoms with Crippen molar-refractivity contribution in [1.82, 2.24) is 4.57 Å². The number of aromatic carboxylic acids is 1. The molecular formula is C12H11NO3. The summed E-state index contributed by atoms with van der Waals surface area (Å²) >= 11 is 0. The van der Waals surface area contributed by atoms with Crippen LogP contribution < -0.4 is 0 Å². The number of hydrogen-bond donors (Lipinski definition) is 1. The lowest BCUT2D eigenvalue weighted by atomic mass is 10.1. The van der Waals surface area contributed by atoms with Gasteiger partial charge in [0.15, 0.2) is 0 Å². The molecule has 2 aromatic rings. The lowest BCUT2D eigenvalue weighted by molar-refractivity contribution is 0.0665. The Hall–Kier alpha value is -1.81. The predicted octanol–water partition coefficient (Wildman–Crippen LogP) is 1.87. The van der Waals surface area contributed by atoms with E-state index in [1.54, 1.807) is 0 Å². The van der Waals surface area contributed by atoms with Crippen molar-refractivity contribution >= 4 is 16.9 Å². The molecule has 0 fully saturated rings. The van der Waals surface area contributed by atoms with Gasteiger partial charge in [-0.2, -0.15) is 0 Å². The van der Waals surface area contributed by atoms with Gasteiger partial charge in [0.25, 0.3) is 0 Å². The SMILES string of the molecule is O=C(O)c1c2n(c3ccccc13)CCOC2. The number of carboxylic acids is 1. The molecule has 0 saturated heterocycles. The average molecular weight is 217 g/mol. The average Bonchev–Trinajstić information content (AvgIpc) is 2.63. The molecule has 4 nitrogen and oxygen atoms in total. The Bertz CT molecular complexity index is 571. The van der Waals surface area contributed by atoms with Gasteiger partial charge in [0.2, 0.25) is 0 Å². The van der Waals surface area contributed by atoms with Gasteiger partial charge in [0.05, 0.1) is 24.5 Å². The molecular weight excluding hydrogens is 206 g/mol. The Morgan fingerprint density at radius 1 is 1.38 bits per heavy atom. The number of ether oxygens (including phenoxy) is 1. The Kier molecular flexibility index (Phi) is 1.97. The minimum Gasteiger partial charge on any atom is -0.478 e. The molecule has 1 aliphatic heterocycles. The molecule has 0 spiro atoms. The fourth-order valence-electron chi connectivity index (χ4n) is 2.33. The van der Waals surface area contributed by atoms with Gasteiger partial charge < -0.3 is 14.4 Å². The van der Waals surface area contributed by atoms with Crippen molar-refractivity contribution < 1.29 is 14.6 Å². The van der Waals surface area contributed by atoms with Crippen LogP contribution in [0.4, 0.5) is 0 Å². The normalized spacial score (nSPS) is 15.0. The van der Waals surface area contributed by atoms with Crippen LogP contribution in [0.25, 0.3) is 10.9 Å². The molecule has 4 heteroatoms. The van der Waals surface area contributed by atoms with Crippen molar-refractivity contribution in [3.8, 4) is 0 Å². The van der Waals surface area contributed by atoms with Crippen LogP contribution in [0.15, 0.2) is 24.3 Å². The van der Waals surface area contributed by atoms with E-state index in [9.17, 15) is 9.90 Å². The van der Waals surface area contributed by atoms with E-state index in [1.165, 1.54) is 0 Å². The first-order chi connectivity index (χ1) is 7.79. The lowest BCUT2D eigenvalue weighted by Crippen LogP contribution is -2.17. The maximum absolute atomic E-state index is 11.3. The minimum atomic E-state index is -0.879. The highest BCUT2D eigenvalue weighted by Crippen LogP contribution is 2.28. The molecule has 2 heterocycles. The van der Waals surface area contributed by atoms with E-state index >= 15 is 0 Å². The molecule has 16 heavy (non-hydrogen) atoms. The van der Waals surface area contributed by atoms with E-state index < -0.39 is 5.97 Å². The summed E-state index contributed by atoms with van der Waals surface area (Å²) in [5, 5.41) is 10.1. The maximum atomic E-state index is 11.3. The smallest absolute Gasteiger partial charge is 0.338 e. The topological polar surface area (TPSA) is 51.5 Å². The van der Waals surface area contributed by atoms with Crippen molar-refractivity contribution in [1.29, 1.82) is 0 Å². The Labute approximate surface area is 92.1 Å². The summed E-state index contributed by atoms with van der Waals surface area (Å²) < 4.78 is 7.38. The van der Waals surface area contributed by atoms with Crippen LogP contribution in [0.1, 0.15) is 16.1 Å². The first-order valence-electron chi connectivity index (χ1n) is 5.20. The highest BCUT2D eigenvalue weighted by molar-refractivity contribution is 6.05. The second-order valence-electron chi connectivity index (χ2n) is 3.85. The van der Waals surface area contributed by atoms with Gasteiger partial charge in [-0.05, 0) is 6.07 Å². The second-order valence-corrected chi connectivity index (χ2v) is 3.85. The zero-order valence-corrected chi connectivity index (χ0v) is 8.64. The van der Waals surface area contributed by atoms with Gasteiger partial charge in [-0.25, -0.2) is 4.79 Å². The summed E-state index contributed by atoms with van der Waals surface area (Å²) in [5.74, 6) is -0.879. The summed E-state index contributed by atoms with van der Waals surface area (Å²) in [6.07, 6.45) is 0. The van der Waals surface area contributed by atoms with Gasteiger partial charge in [0.1, 0.15) is 0 Å². The fourth-order valence-corrected chi connectivity index (χ4v) is 2.33. The summed E-state index contributed by atoms with van der Waals surface area (Å²) in [5.41, 5.74) is 2.15. The number of fused-ring (bicyclic) bond motifs is 3. The van der Waals surface area contributed by atoms with Crippen molar-refractivity contribution in [2.45, 2.75) is 13.2 Å². The van der Waals surface area contributed by atoms with E-state index in [0.29, 0.717) is 18.8 Å². The molecule has 3 rings (SSSR count). The zero-order chi connectivity index (χ0) is 11.1. The maximum Gasteiger partial charge on any atom is 0.338 e. The lowest BCUT2D eigenvalue weighted by Gasteiger charge is -2.17. The van der Waals surface area contributed by atoms with E-state index in [-0.39, 0.29) is 0 Å². The van der Waals surface area contributed by atoms with E-state index in [4.69, 9.17) is 4.74 Å². The number of nitrogens with zero attached hydrogens (tertiary/aromatic N) is 1. The highest BCUT2D eigenvalue weighted by Gasteiger charge is 2.23. The fraction of sp³-hybridized carbons (Fsp3) is 0.250. The number of benzene rings is 1. The van der Waals surface area contributed by atoms with Crippen LogP contribution >= 0.6 is 0 Å². The quantitative estimate of drug-likeness (QED) is 0.793. The molecule has 1 N–H and O–H groups in total. The third-order valence-electron chi connectivity index (χ3n) is 2.99. The van der Waals surface area contributed by atoms with Gasteiger partial charge in [-0.15, -0.1) is 0 Å². The molecule has 0 aliphatic carbocycles. The molecule has 0 radical (unpaired) electrons. The van der Waals surface area contributed by atoms with E-state index in [0.717, 1.165) is 23.1 Å². The number of aromatic nitrogens is 1. The van der Waals surface area contributed by atoms with Gasteiger partial charge >= 0.3 is 5.97 Å². The first kappa shape index (κ1) is 9.42. The van der Waals surface area contributed by atoms with Crippen LogP contribution in [0.3, 0.4) is 0 Å². The number of carbonyl (C=O) groups is 1. The van der Waals surface area contributed by atoms with Gasteiger partial charge in [0, 0.05) is 17.4 Å². The second kappa shape index (κ2) is 3.35. The molecule has 0 saturated carbocycles. The van der Waals surface area contributed by atoms with Crippen LogP contribution in [-0.4, -0.2) is 22.2 Å². The third kappa shape index (κ3) is 1.17. The Morgan fingerprint density at radius 2 is 2.19 bits per heavy atom. The number of hydrogen-bond acceptors (Lipinski definition) is 2. The van der Waals surface area contributed by atoms with Crippen molar-refractivity contribution in [3.63, 3.8) is 0 Å². The molecule has 0 atom stereocenters. The largest absolute Gasteiger partial charge is 0.478 e.